The standard InChI is InChI=1S/C15H24N2O2S/c1-12-16-13(10-20-12)9-17(2)11-15(14(18)19)7-5-3-4-6-8-15/h10H,3-9,11H2,1-2H3,(H,18,19). The molecule has 1 heterocycles. The molecule has 20 heavy (non-hydrogen) atoms. The molecule has 0 aliphatic heterocycles. The van der Waals surface area contributed by atoms with Crippen LogP contribution in [0.3, 0.4) is 0 Å². The van der Waals surface area contributed by atoms with Gasteiger partial charge in [0.2, 0.25) is 0 Å². The second kappa shape index (κ2) is 6.68. The van der Waals surface area contributed by atoms with Crippen molar-refractivity contribution in [3.8, 4) is 0 Å². The average molecular weight is 296 g/mol. The molecule has 0 amide bonds. The maximum atomic E-state index is 11.8. The van der Waals surface area contributed by atoms with Crippen molar-refractivity contribution in [3.63, 3.8) is 0 Å². The zero-order valence-corrected chi connectivity index (χ0v) is 13.2. The number of carbonyl (C=O) groups is 1. The third kappa shape index (κ3) is 3.79. The van der Waals surface area contributed by atoms with Gasteiger partial charge in [-0.3, -0.25) is 9.69 Å². The number of hydrogen-bond acceptors (Lipinski definition) is 4. The molecule has 0 atom stereocenters. The van der Waals surface area contributed by atoms with Crippen LogP contribution in [0.2, 0.25) is 0 Å². The van der Waals surface area contributed by atoms with Crippen molar-refractivity contribution in [2.75, 3.05) is 13.6 Å². The van der Waals surface area contributed by atoms with Crippen LogP contribution < -0.4 is 0 Å². The van der Waals surface area contributed by atoms with Gasteiger partial charge in [0.05, 0.1) is 16.1 Å². The minimum atomic E-state index is -0.624. The highest BCUT2D eigenvalue weighted by atomic mass is 32.1. The van der Waals surface area contributed by atoms with Crippen LogP contribution in [0, 0.1) is 12.3 Å². The predicted molar refractivity (Wildman–Crippen MR) is 81.0 cm³/mol. The number of carboxylic acids is 1. The molecule has 1 aromatic heterocycles. The number of aryl methyl sites for hydroxylation is 1. The fourth-order valence-corrected chi connectivity index (χ4v) is 3.78. The molecule has 1 N–H and O–H groups in total. The monoisotopic (exact) mass is 296 g/mol. The van der Waals surface area contributed by atoms with Crippen LogP contribution in [0.15, 0.2) is 5.38 Å². The minimum Gasteiger partial charge on any atom is -0.481 e. The van der Waals surface area contributed by atoms with Gasteiger partial charge in [0, 0.05) is 18.5 Å². The Bertz CT molecular complexity index is 450. The SMILES string of the molecule is Cc1nc(CN(C)CC2(C(=O)O)CCCCCC2)cs1. The third-order valence-corrected chi connectivity index (χ3v) is 5.01. The topological polar surface area (TPSA) is 53.4 Å². The van der Waals surface area contributed by atoms with Gasteiger partial charge in [-0.2, -0.15) is 0 Å². The summed E-state index contributed by atoms with van der Waals surface area (Å²) in [6.45, 7) is 3.36. The molecule has 1 aliphatic carbocycles. The first-order valence-electron chi connectivity index (χ1n) is 7.35. The lowest BCUT2D eigenvalue weighted by atomic mass is 9.80. The van der Waals surface area contributed by atoms with Gasteiger partial charge in [0.1, 0.15) is 0 Å². The molecular weight excluding hydrogens is 272 g/mol. The van der Waals surface area contributed by atoms with Crippen LogP contribution >= 0.6 is 11.3 Å². The number of aliphatic carboxylic acids is 1. The van der Waals surface area contributed by atoms with E-state index in [1.54, 1.807) is 11.3 Å². The second-order valence-electron chi connectivity index (χ2n) is 6.03. The molecule has 5 heteroatoms. The Labute approximate surface area is 124 Å². The highest BCUT2D eigenvalue weighted by Gasteiger charge is 2.39. The maximum Gasteiger partial charge on any atom is 0.310 e. The summed E-state index contributed by atoms with van der Waals surface area (Å²) >= 11 is 1.65. The van der Waals surface area contributed by atoms with Crippen LogP contribution in [-0.2, 0) is 11.3 Å². The number of aromatic nitrogens is 1. The van der Waals surface area contributed by atoms with Crippen LogP contribution in [0.5, 0.6) is 0 Å². The average Bonchev–Trinajstić information content (AvgIpc) is 2.64. The smallest absolute Gasteiger partial charge is 0.310 e. The summed E-state index contributed by atoms with van der Waals surface area (Å²) in [5, 5.41) is 12.8. The molecule has 0 aromatic carbocycles. The van der Waals surface area contributed by atoms with Crippen molar-refractivity contribution < 1.29 is 9.90 Å². The van der Waals surface area contributed by atoms with Gasteiger partial charge in [-0.05, 0) is 26.8 Å². The van der Waals surface area contributed by atoms with Gasteiger partial charge in [-0.1, -0.05) is 25.7 Å². The lowest BCUT2D eigenvalue weighted by Crippen LogP contribution is -2.41. The number of thiazole rings is 1. The Balaban J connectivity index is 2.01. The third-order valence-electron chi connectivity index (χ3n) is 4.19. The molecule has 1 aliphatic rings. The van der Waals surface area contributed by atoms with E-state index in [0.717, 1.165) is 42.9 Å². The van der Waals surface area contributed by atoms with Crippen molar-refractivity contribution in [3.05, 3.63) is 16.1 Å². The van der Waals surface area contributed by atoms with Crippen molar-refractivity contribution in [2.45, 2.75) is 52.0 Å². The van der Waals surface area contributed by atoms with Gasteiger partial charge >= 0.3 is 5.97 Å². The molecule has 0 bridgehead atoms. The molecule has 0 spiro atoms. The Morgan fingerprint density at radius 2 is 2.05 bits per heavy atom. The number of carboxylic acid groups (broad SMARTS) is 1. The first kappa shape index (κ1) is 15.4. The summed E-state index contributed by atoms with van der Waals surface area (Å²) < 4.78 is 0. The van der Waals surface area contributed by atoms with E-state index in [-0.39, 0.29) is 0 Å². The molecule has 2 rings (SSSR count). The Kier molecular flexibility index (Phi) is 5.16. The summed E-state index contributed by atoms with van der Waals surface area (Å²) in [6.07, 6.45) is 6.03. The number of rotatable bonds is 5. The van der Waals surface area contributed by atoms with E-state index in [1.807, 2.05) is 14.0 Å². The van der Waals surface area contributed by atoms with E-state index in [1.165, 1.54) is 12.8 Å². The molecule has 0 saturated heterocycles. The van der Waals surface area contributed by atoms with Gasteiger partial charge in [-0.15, -0.1) is 11.3 Å². The highest BCUT2D eigenvalue weighted by molar-refractivity contribution is 7.09. The van der Waals surface area contributed by atoms with Gasteiger partial charge in [-0.25, -0.2) is 4.98 Å². The fourth-order valence-electron chi connectivity index (χ4n) is 3.17. The second-order valence-corrected chi connectivity index (χ2v) is 7.09. The Hall–Kier alpha value is -0.940. The first-order valence-corrected chi connectivity index (χ1v) is 8.23. The molecule has 1 saturated carbocycles. The summed E-state index contributed by atoms with van der Waals surface area (Å²) in [6, 6.07) is 0. The lowest BCUT2D eigenvalue weighted by molar-refractivity contribution is -0.151. The van der Waals surface area contributed by atoms with Gasteiger partial charge in [0.25, 0.3) is 0 Å². The molecule has 1 aromatic rings. The lowest BCUT2D eigenvalue weighted by Gasteiger charge is -2.32. The Morgan fingerprint density at radius 3 is 2.55 bits per heavy atom. The number of nitrogens with zero attached hydrogens (tertiary/aromatic N) is 2. The van der Waals surface area contributed by atoms with Crippen molar-refractivity contribution in [1.29, 1.82) is 0 Å². The first-order chi connectivity index (χ1) is 9.52. The van der Waals surface area contributed by atoms with Crippen LogP contribution in [0.1, 0.15) is 49.2 Å². The largest absolute Gasteiger partial charge is 0.481 e. The van der Waals surface area contributed by atoms with E-state index < -0.39 is 11.4 Å². The van der Waals surface area contributed by atoms with Gasteiger partial charge < -0.3 is 5.11 Å². The van der Waals surface area contributed by atoms with E-state index in [9.17, 15) is 9.90 Å². The fraction of sp³-hybridized carbons (Fsp3) is 0.733. The van der Waals surface area contributed by atoms with E-state index in [0.29, 0.717) is 6.54 Å². The molecule has 112 valence electrons. The summed E-state index contributed by atoms with van der Waals surface area (Å²) in [4.78, 5) is 18.4. The zero-order chi connectivity index (χ0) is 14.6. The quantitative estimate of drug-likeness (QED) is 0.847. The van der Waals surface area contributed by atoms with E-state index in [4.69, 9.17) is 0 Å². The van der Waals surface area contributed by atoms with Crippen LogP contribution in [-0.4, -0.2) is 34.6 Å². The van der Waals surface area contributed by atoms with Crippen molar-refractivity contribution in [1.82, 2.24) is 9.88 Å². The summed E-state index contributed by atoms with van der Waals surface area (Å²) in [5.74, 6) is -0.624. The zero-order valence-electron chi connectivity index (χ0n) is 12.4. The maximum absolute atomic E-state index is 11.8. The molecule has 0 unspecified atom stereocenters. The highest BCUT2D eigenvalue weighted by Crippen LogP contribution is 2.36. The molecule has 1 fully saturated rings. The molecule has 0 radical (unpaired) electrons. The van der Waals surface area contributed by atoms with Crippen LogP contribution in [0.25, 0.3) is 0 Å². The number of hydrogen-bond donors (Lipinski definition) is 1. The predicted octanol–water partition coefficient (Wildman–Crippen LogP) is 3.31. The molecule has 4 nitrogen and oxygen atoms in total. The normalized spacial score (nSPS) is 18.9. The van der Waals surface area contributed by atoms with Crippen molar-refractivity contribution in [2.24, 2.45) is 5.41 Å². The molecular formula is C15H24N2O2S. The Morgan fingerprint density at radius 1 is 1.40 bits per heavy atom. The van der Waals surface area contributed by atoms with Gasteiger partial charge in [0.15, 0.2) is 0 Å². The van der Waals surface area contributed by atoms with E-state index >= 15 is 0 Å². The van der Waals surface area contributed by atoms with E-state index in [2.05, 4.69) is 15.3 Å². The van der Waals surface area contributed by atoms with Crippen molar-refractivity contribution >= 4 is 17.3 Å². The summed E-state index contributed by atoms with van der Waals surface area (Å²) in [5.41, 5.74) is 0.486. The minimum absolute atomic E-state index is 0.559. The summed E-state index contributed by atoms with van der Waals surface area (Å²) in [7, 11) is 2.00. The van der Waals surface area contributed by atoms with Crippen LogP contribution in [0.4, 0.5) is 0 Å².